The van der Waals surface area contributed by atoms with Crippen molar-refractivity contribution in [3.8, 4) is 11.4 Å². The minimum atomic E-state index is 0.126. The molecule has 3 nitrogen and oxygen atoms in total. The van der Waals surface area contributed by atoms with Gasteiger partial charge in [-0.2, -0.15) is 0 Å². The summed E-state index contributed by atoms with van der Waals surface area (Å²) in [5, 5.41) is 9.03. The summed E-state index contributed by atoms with van der Waals surface area (Å²) in [5.74, 6) is 0.730. The van der Waals surface area contributed by atoms with Crippen molar-refractivity contribution in [2.75, 3.05) is 6.61 Å². The molecule has 2 rings (SSSR count). The van der Waals surface area contributed by atoms with Gasteiger partial charge in [0.2, 0.25) is 0 Å². The van der Waals surface area contributed by atoms with E-state index in [9.17, 15) is 0 Å². The minimum Gasteiger partial charge on any atom is -0.396 e. The molecule has 1 heterocycles. The standard InChI is InChI=1S/C14H15BrN2O/c1-9-13(6-7-18)10(2)17-14(16-9)11-4-3-5-12(15)8-11/h3-5,8,18H,6-7H2,1-2H3. The van der Waals surface area contributed by atoms with Gasteiger partial charge in [-0.1, -0.05) is 28.1 Å². The van der Waals surface area contributed by atoms with E-state index >= 15 is 0 Å². The Morgan fingerprint density at radius 2 is 1.83 bits per heavy atom. The van der Waals surface area contributed by atoms with Crippen LogP contribution in [-0.4, -0.2) is 21.7 Å². The molecule has 18 heavy (non-hydrogen) atoms. The number of hydrogen-bond acceptors (Lipinski definition) is 3. The van der Waals surface area contributed by atoms with E-state index in [4.69, 9.17) is 5.11 Å². The SMILES string of the molecule is Cc1nc(-c2cccc(Br)c2)nc(C)c1CCO. The average Bonchev–Trinajstić information content (AvgIpc) is 2.33. The highest BCUT2D eigenvalue weighted by molar-refractivity contribution is 9.10. The smallest absolute Gasteiger partial charge is 0.159 e. The van der Waals surface area contributed by atoms with E-state index in [0.717, 1.165) is 32.8 Å². The van der Waals surface area contributed by atoms with Gasteiger partial charge >= 0.3 is 0 Å². The molecule has 94 valence electrons. The zero-order valence-electron chi connectivity index (χ0n) is 10.4. The largest absolute Gasteiger partial charge is 0.396 e. The number of aryl methyl sites for hydroxylation is 2. The molecule has 0 unspecified atom stereocenters. The number of nitrogens with zero attached hydrogens (tertiary/aromatic N) is 2. The van der Waals surface area contributed by atoms with Crippen LogP contribution >= 0.6 is 15.9 Å². The fourth-order valence-electron chi connectivity index (χ4n) is 1.97. The van der Waals surface area contributed by atoms with Gasteiger partial charge in [0, 0.05) is 28.0 Å². The highest BCUT2D eigenvalue weighted by Gasteiger charge is 2.09. The van der Waals surface area contributed by atoms with Gasteiger partial charge in [-0.15, -0.1) is 0 Å². The van der Waals surface area contributed by atoms with Crippen molar-refractivity contribution >= 4 is 15.9 Å². The van der Waals surface area contributed by atoms with Gasteiger partial charge < -0.3 is 5.11 Å². The molecule has 0 radical (unpaired) electrons. The molecule has 0 spiro atoms. The minimum absolute atomic E-state index is 0.126. The molecule has 0 aliphatic rings. The Morgan fingerprint density at radius 3 is 2.39 bits per heavy atom. The molecule has 1 aromatic heterocycles. The van der Waals surface area contributed by atoms with Crippen LogP contribution in [0.4, 0.5) is 0 Å². The summed E-state index contributed by atoms with van der Waals surface area (Å²) in [4.78, 5) is 9.04. The van der Waals surface area contributed by atoms with Gasteiger partial charge in [0.15, 0.2) is 5.82 Å². The average molecular weight is 307 g/mol. The lowest BCUT2D eigenvalue weighted by Crippen LogP contribution is -2.04. The molecule has 4 heteroatoms. The third-order valence-electron chi connectivity index (χ3n) is 2.87. The molecule has 2 aromatic rings. The molecule has 0 amide bonds. The van der Waals surface area contributed by atoms with Crippen LogP contribution in [0.5, 0.6) is 0 Å². The molecule has 0 aliphatic carbocycles. The predicted molar refractivity (Wildman–Crippen MR) is 75.4 cm³/mol. The Kier molecular flexibility index (Phi) is 4.09. The number of rotatable bonds is 3. The van der Waals surface area contributed by atoms with Crippen molar-refractivity contribution in [3.63, 3.8) is 0 Å². The summed E-state index contributed by atoms with van der Waals surface area (Å²) in [7, 11) is 0. The summed E-state index contributed by atoms with van der Waals surface area (Å²) in [6.45, 7) is 4.05. The predicted octanol–water partition coefficient (Wildman–Crippen LogP) is 3.06. The third kappa shape index (κ3) is 2.76. The Bertz CT molecular complexity index is 546. The van der Waals surface area contributed by atoms with Gasteiger partial charge in [0.25, 0.3) is 0 Å². The van der Waals surface area contributed by atoms with E-state index in [1.54, 1.807) is 0 Å². The first-order valence-corrected chi connectivity index (χ1v) is 6.62. The monoisotopic (exact) mass is 306 g/mol. The summed E-state index contributed by atoms with van der Waals surface area (Å²) in [6.07, 6.45) is 0.608. The summed E-state index contributed by atoms with van der Waals surface area (Å²) >= 11 is 3.45. The first-order valence-electron chi connectivity index (χ1n) is 5.82. The molecule has 1 N–H and O–H groups in total. The second-order valence-electron chi connectivity index (χ2n) is 4.18. The van der Waals surface area contributed by atoms with Crippen LogP contribution in [0.3, 0.4) is 0 Å². The molecule has 0 atom stereocenters. The number of aliphatic hydroxyl groups excluding tert-OH is 1. The van der Waals surface area contributed by atoms with Crippen LogP contribution in [0, 0.1) is 13.8 Å². The van der Waals surface area contributed by atoms with Gasteiger partial charge in [0.05, 0.1) is 0 Å². The number of aromatic nitrogens is 2. The van der Waals surface area contributed by atoms with Crippen molar-refractivity contribution in [1.82, 2.24) is 9.97 Å². The van der Waals surface area contributed by atoms with Crippen molar-refractivity contribution in [2.24, 2.45) is 0 Å². The summed E-state index contributed by atoms with van der Waals surface area (Å²) in [5.41, 5.74) is 3.90. The van der Waals surface area contributed by atoms with Crippen LogP contribution in [-0.2, 0) is 6.42 Å². The lowest BCUT2D eigenvalue weighted by molar-refractivity contribution is 0.299. The Balaban J connectivity index is 2.48. The lowest BCUT2D eigenvalue weighted by Gasteiger charge is -2.10. The highest BCUT2D eigenvalue weighted by Crippen LogP contribution is 2.22. The Labute approximate surface area is 115 Å². The fourth-order valence-corrected chi connectivity index (χ4v) is 2.37. The van der Waals surface area contributed by atoms with Crippen LogP contribution in [0.1, 0.15) is 17.0 Å². The number of aliphatic hydroxyl groups is 1. The van der Waals surface area contributed by atoms with Crippen molar-refractivity contribution in [1.29, 1.82) is 0 Å². The number of hydrogen-bond donors (Lipinski definition) is 1. The molecule has 0 fully saturated rings. The third-order valence-corrected chi connectivity index (χ3v) is 3.36. The van der Waals surface area contributed by atoms with Gasteiger partial charge in [-0.05, 0) is 38.0 Å². The van der Waals surface area contributed by atoms with Crippen LogP contribution in [0.25, 0.3) is 11.4 Å². The highest BCUT2D eigenvalue weighted by atomic mass is 79.9. The maximum Gasteiger partial charge on any atom is 0.159 e. The Morgan fingerprint density at radius 1 is 1.17 bits per heavy atom. The summed E-state index contributed by atoms with van der Waals surface area (Å²) in [6, 6.07) is 7.93. The van der Waals surface area contributed by atoms with Crippen LogP contribution < -0.4 is 0 Å². The summed E-state index contributed by atoms with van der Waals surface area (Å²) < 4.78 is 1.01. The van der Waals surface area contributed by atoms with E-state index < -0.39 is 0 Å². The molecule has 0 saturated heterocycles. The molecular weight excluding hydrogens is 292 g/mol. The quantitative estimate of drug-likeness (QED) is 0.948. The second kappa shape index (κ2) is 5.59. The molecule has 0 saturated carbocycles. The van der Waals surface area contributed by atoms with Crippen molar-refractivity contribution in [3.05, 3.63) is 45.7 Å². The topological polar surface area (TPSA) is 46.0 Å². The van der Waals surface area contributed by atoms with Crippen molar-refractivity contribution < 1.29 is 5.11 Å². The van der Waals surface area contributed by atoms with E-state index in [-0.39, 0.29) is 6.61 Å². The maximum absolute atomic E-state index is 9.03. The zero-order valence-corrected chi connectivity index (χ0v) is 12.0. The molecule has 0 aliphatic heterocycles. The number of halogens is 1. The molecule has 0 bridgehead atoms. The van der Waals surface area contributed by atoms with Crippen LogP contribution in [0.2, 0.25) is 0 Å². The molecular formula is C14H15BrN2O. The fraction of sp³-hybridized carbons (Fsp3) is 0.286. The van der Waals surface area contributed by atoms with Gasteiger partial charge in [0.1, 0.15) is 0 Å². The Hall–Kier alpha value is -1.26. The number of benzene rings is 1. The second-order valence-corrected chi connectivity index (χ2v) is 5.10. The van der Waals surface area contributed by atoms with Crippen molar-refractivity contribution in [2.45, 2.75) is 20.3 Å². The van der Waals surface area contributed by atoms with E-state index in [2.05, 4.69) is 25.9 Å². The van der Waals surface area contributed by atoms with E-state index in [1.807, 2.05) is 38.1 Å². The first kappa shape index (κ1) is 13.2. The zero-order chi connectivity index (χ0) is 13.1. The van der Waals surface area contributed by atoms with E-state index in [1.165, 1.54) is 0 Å². The van der Waals surface area contributed by atoms with Crippen LogP contribution in [0.15, 0.2) is 28.7 Å². The first-order chi connectivity index (χ1) is 8.61. The molecule has 1 aromatic carbocycles. The lowest BCUT2D eigenvalue weighted by atomic mass is 10.1. The van der Waals surface area contributed by atoms with Gasteiger partial charge in [-0.3, -0.25) is 0 Å². The maximum atomic E-state index is 9.03. The van der Waals surface area contributed by atoms with Gasteiger partial charge in [-0.25, -0.2) is 9.97 Å². The van der Waals surface area contributed by atoms with E-state index in [0.29, 0.717) is 6.42 Å². The normalized spacial score (nSPS) is 10.7.